The van der Waals surface area contributed by atoms with Crippen LogP contribution in [0, 0.1) is 24.0 Å². The van der Waals surface area contributed by atoms with Gasteiger partial charge in [0.15, 0.2) is 0 Å². The number of aliphatic hydroxyl groups is 1. The van der Waals surface area contributed by atoms with Gasteiger partial charge < -0.3 is 14.8 Å². The molecule has 0 saturated heterocycles. The molecule has 0 saturated carbocycles. The number of aryl methyl sites for hydroxylation is 2. The van der Waals surface area contributed by atoms with E-state index in [9.17, 15) is 10.1 Å². The lowest BCUT2D eigenvalue weighted by molar-refractivity contribution is -0.384. The molecule has 0 amide bonds. The second kappa shape index (κ2) is 5.75. The SMILES string of the molecule is Cc1cc(NCc2ccc(CO)o2)c([N+](=O)[O-])cc1C. The van der Waals surface area contributed by atoms with Gasteiger partial charge in [0.2, 0.25) is 0 Å². The van der Waals surface area contributed by atoms with E-state index in [0.717, 1.165) is 11.1 Å². The van der Waals surface area contributed by atoms with E-state index in [1.54, 1.807) is 24.3 Å². The van der Waals surface area contributed by atoms with E-state index in [0.29, 0.717) is 23.8 Å². The normalized spacial score (nSPS) is 10.6. The topological polar surface area (TPSA) is 88.5 Å². The summed E-state index contributed by atoms with van der Waals surface area (Å²) in [5.74, 6) is 1.08. The summed E-state index contributed by atoms with van der Waals surface area (Å²) >= 11 is 0. The largest absolute Gasteiger partial charge is 0.462 e. The van der Waals surface area contributed by atoms with Crippen LogP contribution < -0.4 is 5.32 Å². The van der Waals surface area contributed by atoms with E-state index >= 15 is 0 Å². The number of nitro benzene ring substituents is 1. The molecule has 0 atom stereocenters. The summed E-state index contributed by atoms with van der Waals surface area (Å²) in [6, 6.07) is 6.71. The Morgan fingerprint density at radius 2 is 1.90 bits per heavy atom. The molecule has 1 heterocycles. The van der Waals surface area contributed by atoms with E-state index < -0.39 is 4.92 Å². The van der Waals surface area contributed by atoms with Crippen molar-refractivity contribution in [2.75, 3.05) is 5.32 Å². The van der Waals surface area contributed by atoms with E-state index in [2.05, 4.69) is 5.32 Å². The van der Waals surface area contributed by atoms with Crippen LogP contribution in [-0.4, -0.2) is 10.0 Å². The minimum absolute atomic E-state index is 0.0436. The molecule has 0 aliphatic carbocycles. The summed E-state index contributed by atoms with van der Waals surface area (Å²) in [4.78, 5) is 10.6. The maximum Gasteiger partial charge on any atom is 0.292 e. The van der Waals surface area contributed by atoms with Gasteiger partial charge in [-0.1, -0.05) is 0 Å². The van der Waals surface area contributed by atoms with E-state index in [-0.39, 0.29) is 12.3 Å². The summed E-state index contributed by atoms with van der Waals surface area (Å²) in [6.45, 7) is 3.90. The molecule has 6 nitrogen and oxygen atoms in total. The van der Waals surface area contributed by atoms with Crippen LogP contribution in [0.4, 0.5) is 11.4 Å². The Hall–Kier alpha value is -2.34. The first-order valence-electron chi connectivity index (χ1n) is 6.19. The average Bonchev–Trinajstić information content (AvgIpc) is 2.87. The van der Waals surface area contributed by atoms with Gasteiger partial charge in [0.1, 0.15) is 23.8 Å². The zero-order valence-corrected chi connectivity index (χ0v) is 11.3. The number of nitro groups is 1. The van der Waals surface area contributed by atoms with Gasteiger partial charge in [0, 0.05) is 6.07 Å². The van der Waals surface area contributed by atoms with Crippen molar-refractivity contribution in [2.45, 2.75) is 27.0 Å². The second-order valence-corrected chi connectivity index (χ2v) is 4.59. The number of rotatable bonds is 5. The minimum Gasteiger partial charge on any atom is -0.462 e. The average molecular weight is 276 g/mol. The lowest BCUT2D eigenvalue weighted by Crippen LogP contribution is -2.03. The van der Waals surface area contributed by atoms with Crippen molar-refractivity contribution in [3.63, 3.8) is 0 Å². The first-order chi connectivity index (χ1) is 9.51. The zero-order valence-electron chi connectivity index (χ0n) is 11.3. The minimum atomic E-state index is -0.407. The van der Waals surface area contributed by atoms with Crippen molar-refractivity contribution in [1.82, 2.24) is 0 Å². The molecule has 1 aromatic carbocycles. The molecule has 0 radical (unpaired) electrons. The summed E-state index contributed by atoms with van der Waals surface area (Å²) in [5.41, 5.74) is 2.36. The molecular weight excluding hydrogens is 260 g/mol. The van der Waals surface area contributed by atoms with Gasteiger partial charge in [-0.05, 0) is 43.2 Å². The highest BCUT2D eigenvalue weighted by Gasteiger charge is 2.15. The number of aliphatic hydroxyl groups excluding tert-OH is 1. The Labute approximate surface area is 116 Å². The molecular formula is C14H16N2O4. The quantitative estimate of drug-likeness (QED) is 0.647. The molecule has 2 aromatic rings. The van der Waals surface area contributed by atoms with Crippen LogP contribution in [0.2, 0.25) is 0 Å². The number of benzene rings is 1. The van der Waals surface area contributed by atoms with Crippen molar-refractivity contribution in [1.29, 1.82) is 0 Å². The van der Waals surface area contributed by atoms with Crippen molar-refractivity contribution >= 4 is 11.4 Å². The van der Waals surface area contributed by atoms with Gasteiger partial charge >= 0.3 is 0 Å². The van der Waals surface area contributed by atoms with E-state index in [1.807, 2.05) is 13.8 Å². The van der Waals surface area contributed by atoms with Crippen LogP contribution in [0.25, 0.3) is 0 Å². The summed E-state index contributed by atoms with van der Waals surface area (Å²) in [7, 11) is 0. The van der Waals surface area contributed by atoms with Gasteiger partial charge in [-0.15, -0.1) is 0 Å². The van der Waals surface area contributed by atoms with Crippen molar-refractivity contribution in [2.24, 2.45) is 0 Å². The number of hydrogen-bond donors (Lipinski definition) is 2. The molecule has 20 heavy (non-hydrogen) atoms. The number of nitrogens with zero attached hydrogens (tertiary/aromatic N) is 1. The molecule has 0 aliphatic heterocycles. The number of anilines is 1. The molecule has 0 aliphatic rings. The van der Waals surface area contributed by atoms with Crippen LogP contribution in [0.5, 0.6) is 0 Å². The van der Waals surface area contributed by atoms with Crippen LogP contribution >= 0.6 is 0 Å². The number of hydrogen-bond acceptors (Lipinski definition) is 5. The van der Waals surface area contributed by atoms with Gasteiger partial charge in [-0.3, -0.25) is 10.1 Å². The monoisotopic (exact) mass is 276 g/mol. The molecule has 2 N–H and O–H groups in total. The molecule has 0 fully saturated rings. The van der Waals surface area contributed by atoms with Crippen molar-refractivity contribution < 1.29 is 14.4 Å². The standard InChI is InChI=1S/C14H16N2O4/c1-9-5-13(14(16(18)19)6-10(9)2)15-7-11-3-4-12(8-17)20-11/h3-6,15,17H,7-8H2,1-2H3. The van der Waals surface area contributed by atoms with E-state index in [1.165, 1.54) is 0 Å². The highest BCUT2D eigenvalue weighted by Crippen LogP contribution is 2.28. The molecule has 1 aromatic heterocycles. The molecule has 106 valence electrons. The van der Waals surface area contributed by atoms with Gasteiger partial charge in [-0.25, -0.2) is 0 Å². The smallest absolute Gasteiger partial charge is 0.292 e. The van der Waals surface area contributed by atoms with Crippen molar-refractivity contribution in [3.05, 3.63) is 57.0 Å². The van der Waals surface area contributed by atoms with E-state index in [4.69, 9.17) is 9.52 Å². The maximum atomic E-state index is 11.1. The predicted octanol–water partition coefficient (Wildman–Crippen LogP) is 2.91. The van der Waals surface area contributed by atoms with Crippen LogP contribution in [-0.2, 0) is 13.2 Å². The van der Waals surface area contributed by atoms with Crippen LogP contribution in [0.3, 0.4) is 0 Å². The van der Waals surface area contributed by atoms with Crippen LogP contribution in [0.15, 0.2) is 28.7 Å². The first-order valence-corrected chi connectivity index (χ1v) is 6.19. The summed E-state index contributed by atoms with van der Waals surface area (Å²) in [6.07, 6.45) is 0. The maximum absolute atomic E-state index is 11.1. The molecule has 6 heteroatoms. The fraction of sp³-hybridized carbons (Fsp3) is 0.286. The third kappa shape index (κ3) is 2.97. The Balaban J connectivity index is 2.20. The Morgan fingerprint density at radius 1 is 1.25 bits per heavy atom. The van der Waals surface area contributed by atoms with Crippen molar-refractivity contribution in [3.8, 4) is 0 Å². The fourth-order valence-corrected chi connectivity index (χ4v) is 1.88. The molecule has 2 rings (SSSR count). The summed E-state index contributed by atoms with van der Waals surface area (Å²) in [5, 5.41) is 23.0. The molecule has 0 unspecified atom stereocenters. The number of nitrogens with one attached hydrogen (secondary N) is 1. The van der Waals surface area contributed by atoms with Gasteiger partial charge in [-0.2, -0.15) is 0 Å². The third-order valence-electron chi connectivity index (χ3n) is 3.13. The lowest BCUT2D eigenvalue weighted by Gasteiger charge is -2.08. The fourth-order valence-electron chi connectivity index (χ4n) is 1.88. The number of furan rings is 1. The first kappa shape index (κ1) is 14.1. The van der Waals surface area contributed by atoms with Gasteiger partial charge in [0.25, 0.3) is 5.69 Å². The van der Waals surface area contributed by atoms with Gasteiger partial charge in [0.05, 0.1) is 11.5 Å². The Morgan fingerprint density at radius 3 is 2.50 bits per heavy atom. The highest BCUT2D eigenvalue weighted by molar-refractivity contribution is 5.64. The predicted molar refractivity (Wildman–Crippen MR) is 74.5 cm³/mol. The zero-order chi connectivity index (χ0) is 14.7. The Kier molecular flexibility index (Phi) is 4.05. The highest BCUT2D eigenvalue weighted by atomic mass is 16.6. The summed E-state index contributed by atoms with van der Waals surface area (Å²) < 4.78 is 5.33. The third-order valence-corrected chi connectivity index (χ3v) is 3.13. The lowest BCUT2D eigenvalue weighted by atomic mass is 10.1. The second-order valence-electron chi connectivity index (χ2n) is 4.59. The molecule has 0 spiro atoms. The molecule has 0 bridgehead atoms. The Bertz CT molecular complexity index is 634. The van der Waals surface area contributed by atoms with Crippen LogP contribution in [0.1, 0.15) is 22.6 Å².